The first-order chi connectivity index (χ1) is 11.2. The van der Waals surface area contributed by atoms with Gasteiger partial charge in [0.25, 0.3) is 0 Å². The van der Waals surface area contributed by atoms with Crippen LogP contribution in [0.1, 0.15) is 37.2 Å². The lowest BCUT2D eigenvalue weighted by atomic mass is 9.69. The normalized spacial score (nSPS) is 24.0. The van der Waals surface area contributed by atoms with Crippen molar-refractivity contribution < 1.29 is 9.53 Å². The zero-order valence-electron chi connectivity index (χ0n) is 13.3. The number of amides is 1. The Labute approximate surface area is 137 Å². The number of benzene rings is 1. The molecule has 0 unspecified atom stereocenters. The average molecular weight is 310 g/mol. The van der Waals surface area contributed by atoms with Crippen LogP contribution < -0.4 is 0 Å². The highest BCUT2D eigenvalue weighted by Gasteiger charge is 2.49. The Kier molecular flexibility index (Phi) is 4.38. The zero-order valence-corrected chi connectivity index (χ0v) is 13.3. The molecular weight excluding hydrogens is 288 g/mol. The third kappa shape index (κ3) is 3.24. The lowest BCUT2D eigenvalue weighted by molar-refractivity contribution is 0.0747. The molecule has 2 aliphatic carbocycles. The van der Waals surface area contributed by atoms with E-state index in [0.29, 0.717) is 12.5 Å². The van der Waals surface area contributed by atoms with Crippen LogP contribution in [-0.4, -0.2) is 30.2 Å². The third-order valence-electron chi connectivity index (χ3n) is 4.96. The van der Waals surface area contributed by atoms with E-state index < -0.39 is 0 Å². The van der Waals surface area contributed by atoms with Crippen LogP contribution in [0.25, 0.3) is 0 Å². The van der Waals surface area contributed by atoms with Gasteiger partial charge < -0.3 is 9.64 Å². The van der Waals surface area contributed by atoms with E-state index in [1.165, 1.54) is 5.56 Å². The molecule has 0 aliphatic heterocycles. The highest BCUT2D eigenvalue weighted by molar-refractivity contribution is 5.69. The summed E-state index contributed by atoms with van der Waals surface area (Å²) in [5, 5.41) is 9.48. The lowest BCUT2D eigenvalue weighted by Crippen LogP contribution is -2.45. The maximum atomic E-state index is 12.4. The Morgan fingerprint density at radius 3 is 2.74 bits per heavy atom. The number of nitriles is 1. The van der Waals surface area contributed by atoms with Crippen molar-refractivity contribution >= 4 is 6.09 Å². The fourth-order valence-corrected chi connectivity index (χ4v) is 3.35. The molecule has 2 saturated carbocycles. The SMILES string of the molecule is C=CCOC(=O)N(CC1(C#N)CCC1)[C@H]1C[C@@H]1c1ccccc1. The van der Waals surface area contributed by atoms with E-state index in [1.807, 2.05) is 18.2 Å². The Bertz CT molecular complexity index is 616. The van der Waals surface area contributed by atoms with E-state index in [1.54, 1.807) is 11.0 Å². The Morgan fingerprint density at radius 1 is 1.43 bits per heavy atom. The zero-order chi connectivity index (χ0) is 16.3. The number of hydrogen-bond donors (Lipinski definition) is 0. The summed E-state index contributed by atoms with van der Waals surface area (Å²) < 4.78 is 5.26. The quantitative estimate of drug-likeness (QED) is 0.750. The Balaban J connectivity index is 1.72. The van der Waals surface area contributed by atoms with E-state index in [0.717, 1.165) is 25.7 Å². The number of carbonyl (C=O) groups is 1. The van der Waals surface area contributed by atoms with Crippen molar-refractivity contribution in [2.75, 3.05) is 13.2 Å². The summed E-state index contributed by atoms with van der Waals surface area (Å²) in [7, 11) is 0. The van der Waals surface area contributed by atoms with Gasteiger partial charge in [0, 0.05) is 18.5 Å². The van der Waals surface area contributed by atoms with Crippen LogP contribution in [0, 0.1) is 16.7 Å². The molecule has 2 aliphatic rings. The summed E-state index contributed by atoms with van der Waals surface area (Å²) >= 11 is 0. The van der Waals surface area contributed by atoms with Gasteiger partial charge in [0.15, 0.2) is 0 Å². The molecule has 1 aromatic rings. The number of hydrogen-bond acceptors (Lipinski definition) is 3. The van der Waals surface area contributed by atoms with E-state index in [4.69, 9.17) is 4.74 Å². The van der Waals surface area contributed by atoms with Gasteiger partial charge >= 0.3 is 6.09 Å². The maximum absolute atomic E-state index is 12.4. The van der Waals surface area contributed by atoms with Gasteiger partial charge in [-0.25, -0.2) is 4.79 Å². The van der Waals surface area contributed by atoms with Gasteiger partial charge in [0.2, 0.25) is 0 Å². The van der Waals surface area contributed by atoms with E-state index in [2.05, 4.69) is 24.8 Å². The smallest absolute Gasteiger partial charge is 0.410 e. The molecule has 4 heteroatoms. The minimum absolute atomic E-state index is 0.139. The van der Waals surface area contributed by atoms with Gasteiger partial charge in [0.1, 0.15) is 6.61 Å². The first-order valence-electron chi connectivity index (χ1n) is 8.19. The Hall–Kier alpha value is -2.28. The fourth-order valence-electron chi connectivity index (χ4n) is 3.35. The van der Waals surface area contributed by atoms with Gasteiger partial charge in [-0.1, -0.05) is 49.4 Å². The first kappa shape index (κ1) is 15.6. The van der Waals surface area contributed by atoms with Crippen LogP contribution in [0.15, 0.2) is 43.0 Å². The molecule has 2 fully saturated rings. The van der Waals surface area contributed by atoms with Crippen LogP contribution in [-0.2, 0) is 4.74 Å². The fraction of sp³-hybridized carbons (Fsp3) is 0.474. The van der Waals surface area contributed by atoms with Crippen molar-refractivity contribution in [3.05, 3.63) is 48.6 Å². The largest absolute Gasteiger partial charge is 0.445 e. The molecule has 120 valence electrons. The predicted octanol–water partition coefficient (Wildman–Crippen LogP) is 3.86. The van der Waals surface area contributed by atoms with Gasteiger partial charge in [-0.2, -0.15) is 5.26 Å². The number of carbonyl (C=O) groups excluding carboxylic acids is 1. The molecule has 3 rings (SSSR count). The second-order valence-corrected chi connectivity index (χ2v) is 6.56. The predicted molar refractivity (Wildman–Crippen MR) is 87.7 cm³/mol. The minimum Gasteiger partial charge on any atom is -0.445 e. The average Bonchev–Trinajstić information content (AvgIpc) is 3.33. The second-order valence-electron chi connectivity index (χ2n) is 6.56. The van der Waals surface area contributed by atoms with Crippen molar-refractivity contribution in [1.29, 1.82) is 5.26 Å². The highest BCUT2D eigenvalue weighted by Crippen LogP contribution is 2.48. The summed E-state index contributed by atoms with van der Waals surface area (Å²) in [5.41, 5.74) is 0.871. The van der Waals surface area contributed by atoms with Gasteiger partial charge in [-0.3, -0.25) is 0 Å². The lowest BCUT2D eigenvalue weighted by Gasteiger charge is -2.39. The topological polar surface area (TPSA) is 53.3 Å². The molecule has 0 spiro atoms. The highest BCUT2D eigenvalue weighted by atomic mass is 16.6. The molecule has 1 amide bonds. The summed E-state index contributed by atoms with van der Waals surface area (Å²) in [5.74, 6) is 0.350. The van der Waals surface area contributed by atoms with Crippen molar-refractivity contribution in [3.8, 4) is 6.07 Å². The minimum atomic E-state index is -0.378. The van der Waals surface area contributed by atoms with Crippen molar-refractivity contribution in [2.24, 2.45) is 5.41 Å². The van der Waals surface area contributed by atoms with E-state index >= 15 is 0 Å². The second kappa shape index (κ2) is 6.45. The van der Waals surface area contributed by atoms with Crippen LogP contribution in [0.5, 0.6) is 0 Å². The summed E-state index contributed by atoms with van der Waals surface area (Å²) in [4.78, 5) is 14.2. The van der Waals surface area contributed by atoms with Crippen molar-refractivity contribution in [3.63, 3.8) is 0 Å². The molecule has 0 bridgehead atoms. The number of ether oxygens (including phenoxy) is 1. The van der Waals surface area contributed by atoms with Crippen molar-refractivity contribution in [2.45, 2.75) is 37.6 Å². The molecule has 0 aromatic heterocycles. The van der Waals surface area contributed by atoms with E-state index in [9.17, 15) is 10.1 Å². The monoisotopic (exact) mass is 310 g/mol. The number of rotatable bonds is 6. The molecular formula is C19H22N2O2. The van der Waals surface area contributed by atoms with Crippen LogP contribution in [0.3, 0.4) is 0 Å². The molecule has 23 heavy (non-hydrogen) atoms. The van der Waals surface area contributed by atoms with Gasteiger partial charge in [-0.05, 0) is 24.8 Å². The molecule has 2 atom stereocenters. The van der Waals surface area contributed by atoms with E-state index in [-0.39, 0.29) is 24.2 Å². The third-order valence-corrected chi connectivity index (χ3v) is 4.96. The molecule has 0 saturated heterocycles. The maximum Gasteiger partial charge on any atom is 0.410 e. The van der Waals surface area contributed by atoms with Crippen LogP contribution in [0.2, 0.25) is 0 Å². The number of nitrogens with zero attached hydrogens (tertiary/aromatic N) is 2. The van der Waals surface area contributed by atoms with Crippen molar-refractivity contribution in [1.82, 2.24) is 4.90 Å². The molecule has 0 heterocycles. The van der Waals surface area contributed by atoms with Crippen LogP contribution >= 0.6 is 0 Å². The summed E-state index contributed by atoms with van der Waals surface area (Å²) in [6.07, 6.45) is 5.00. The van der Waals surface area contributed by atoms with Gasteiger partial charge in [-0.15, -0.1) is 0 Å². The Morgan fingerprint density at radius 2 is 2.17 bits per heavy atom. The molecule has 0 radical (unpaired) electrons. The first-order valence-corrected chi connectivity index (χ1v) is 8.19. The van der Waals surface area contributed by atoms with Crippen LogP contribution in [0.4, 0.5) is 4.79 Å². The summed E-state index contributed by atoms with van der Waals surface area (Å²) in [6.45, 7) is 4.27. The summed E-state index contributed by atoms with van der Waals surface area (Å²) in [6, 6.07) is 12.8. The standard InChI is InChI=1S/C19H22N2O2/c1-2-11-23-18(22)21(14-19(13-20)9-6-10-19)17-12-16(17)15-7-4-3-5-8-15/h2-5,7-8,16-17H,1,6,9-12,14H2/t16-,17+/m1/s1. The molecule has 1 aromatic carbocycles. The molecule has 4 nitrogen and oxygen atoms in total. The van der Waals surface area contributed by atoms with Gasteiger partial charge in [0.05, 0.1) is 11.5 Å². The molecule has 0 N–H and O–H groups in total.